The van der Waals surface area contributed by atoms with Gasteiger partial charge in [-0.2, -0.15) is 0 Å². The van der Waals surface area contributed by atoms with E-state index in [1.807, 2.05) is 0 Å². The lowest BCUT2D eigenvalue weighted by atomic mass is 10.1. The van der Waals surface area contributed by atoms with Gasteiger partial charge in [0.1, 0.15) is 12.1 Å². The van der Waals surface area contributed by atoms with Gasteiger partial charge >= 0.3 is 17.9 Å². The second kappa shape index (κ2) is 13.0. The van der Waals surface area contributed by atoms with Gasteiger partial charge in [-0.25, -0.2) is 4.79 Å². The van der Waals surface area contributed by atoms with Crippen LogP contribution in [0.4, 0.5) is 0 Å². The van der Waals surface area contributed by atoms with Crippen LogP contribution in [0, 0.1) is 0 Å². The molecule has 0 aromatic carbocycles. The highest BCUT2D eigenvalue weighted by atomic mass is 16.4. The number of carbonyl (C=O) groups is 4. The summed E-state index contributed by atoms with van der Waals surface area (Å²) in [5.74, 6) is -4.07. The number of aliphatic carboxylic acids is 3. The normalized spacial score (nSPS) is 14.2. The minimum atomic E-state index is -1.74. The van der Waals surface area contributed by atoms with Gasteiger partial charge in [-0.05, 0) is 26.2 Å². The molecular weight excluding hydrogens is 350 g/mol. The van der Waals surface area contributed by atoms with Crippen molar-refractivity contribution in [1.29, 1.82) is 0 Å². The van der Waals surface area contributed by atoms with E-state index in [1.54, 1.807) is 0 Å². The SMILES string of the molecule is C[C@@H](NCCN[C@@H](CCCCNC(=O)C[C@H](O)C(=O)O)C(=O)O)C(=O)O. The lowest BCUT2D eigenvalue weighted by Crippen LogP contribution is -2.43. The standard InChI is InChI=1S/C15H27N3O8/c1-9(13(21)22)16-6-7-17-10(14(23)24)4-2-3-5-18-12(20)8-11(19)15(25)26/h9-11,16-17,19H,2-8H2,1H3,(H,18,20)(H,21,22)(H,23,24)(H,25,26)/t9-,10+,11+/m1/s1. The fourth-order valence-corrected chi connectivity index (χ4v) is 1.97. The first-order valence-corrected chi connectivity index (χ1v) is 8.25. The zero-order valence-electron chi connectivity index (χ0n) is 14.6. The van der Waals surface area contributed by atoms with Gasteiger partial charge in [-0.15, -0.1) is 0 Å². The van der Waals surface area contributed by atoms with Crippen LogP contribution in [0.3, 0.4) is 0 Å². The Morgan fingerprint density at radius 1 is 0.846 bits per heavy atom. The van der Waals surface area contributed by atoms with E-state index in [0.29, 0.717) is 32.4 Å². The average Bonchev–Trinajstić information content (AvgIpc) is 2.55. The molecule has 1 amide bonds. The highest BCUT2D eigenvalue weighted by Crippen LogP contribution is 2.01. The zero-order chi connectivity index (χ0) is 20.1. The summed E-state index contributed by atoms with van der Waals surface area (Å²) in [5.41, 5.74) is 0. The van der Waals surface area contributed by atoms with E-state index in [-0.39, 0.29) is 6.54 Å². The van der Waals surface area contributed by atoms with E-state index in [0.717, 1.165) is 0 Å². The highest BCUT2D eigenvalue weighted by Gasteiger charge is 2.18. The van der Waals surface area contributed by atoms with Crippen LogP contribution in [0.5, 0.6) is 0 Å². The number of aliphatic hydroxyl groups excluding tert-OH is 1. The number of aliphatic hydroxyl groups is 1. The Morgan fingerprint density at radius 2 is 1.46 bits per heavy atom. The molecule has 7 N–H and O–H groups in total. The second-order valence-electron chi connectivity index (χ2n) is 5.76. The maximum absolute atomic E-state index is 11.4. The van der Waals surface area contributed by atoms with Crippen molar-refractivity contribution in [2.24, 2.45) is 0 Å². The van der Waals surface area contributed by atoms with Crippen molar-refractivity contribution >= 4 is 23.8 Å². The number of nitrogens with one attached hydrogen (secondary N) is 3. The number of amides is 1. The predicted molar refractivity (Wildman–Crippen MR) is 89.6 cm³/mol. The van der Waals surface area contributed by atoms with Crippen molar-refractivity contribution in [3.63, 3.8) is 0 Å². The van der Waals surface area contributed by atoms with Crippen LogP contribution in [-0.4, -0.2) is 82.1 Å². The van der Waals surface area contributed by atoms with Crippen LogP contribution in [0.1, 0.15) is 32.6 Å². The molecule has 0 unspecified atom stereocenters. The molecule has 3 atom stereocenters. The van der Waals surface area contributed by atoms with E-state index < -0.39 is 48.4 Å². The molecule has 0 spiro atoms. The minimum absolute atomic E-state index is 0.245. The van der Waals surface area contributed by atoms with Crippen molar-refractivity contribution in [2.75, 3.05) is 19.6 Å². The summed E-state index contributed by atoms with van der Waals surface area (Å²) in [7, 11) is 0. The van der Waals surface area contributed by atoms with Crippen LogP contribution in [0.2, 0.25) is 0 Å². The highest BCUT2D eigenvalue weighted by molar-refractivity contribution is 5.83. The van der Waals surface area contributed by atoms with Crippen LogP contribution in [0.25, 0.3) is 0 Å². The van der Waals surface area contributed by atoms with Gasteiger partial charge in [-0.1, -0.05) is 0 Å². The molecule has 0 aromatic rings. The average molecular weight is 377 g/mol. The Hall–Kier alpha value is -2.24. The molecule has 0 rings (SSSR count). The first-order valence-electron chi connectivity index (χ1n) is 8.25. The molecule has 0 aliphatic heterocycles. The summed E-state index contributed by atoms with van der Waals surface area (Å²) in [6, 6.07) is -1.51. The third-order valence-electron chi connectivity index (χ3n) is 3.54. The Bertz CT molecular complexity index is 486. The molecule has 0 aliphatic carbocycles. The Labute approximate surface area is 150 Å². The van der Waals surface area contributed by atoms with E-state index >= 15 is 0 Å². The van der Waals surface area contributed by atoms with Crippen LogP contribution >= 0.6 is 0 Å². The first-order chi connectivity index (χ1) is 12.1. The molecule has 11 heteroatoms. The number of rotatable bonds is 15. The minimum Gasteiger partial charge on any atom is -0.480 e. The van der Waals surface area contributed by atoms with E-state index in [9.17, 15) is 19.2 Å². The van der Waals surface area contributed by atoms with Crippen LogP contribution < -0.4 is 16.0 Å². The monoisotopic (exact) mass is 377 g/mol. The van der Waals surface area contributed by atoms with Crippen molar-refractivity contribution in [3.8, 4) is 0 Å². The summed E-state index contributed by atoms with van der Waals surface area (Å²) < 4.78 is 0. The van der Waals surface area contributed by atoms with Crippen LogP contribution in [0.15, 0.2) is 0 Å². The molecule has 0 heterocycles. The van der Waals surface area contributed by atoms with Gasteiger partial charge < -0.3 is 36.4 Å². The first kappa shape index (κ1) is 23.8. The van der Waals surface area contributed by atoms with Crippen LogP contribution in [-0.2, 0) is 19.2 Å². The van der Waals surface area contributed by atoms with Gasteiger partial charge in [0, 0.05) is 19.6 Å². The molecule has 0 aliphatic rings. The molecule has 0 saturated heterocycles. The van der Waals surface area contributed by atoms with Crippen molar-refractivity contribution in [2.45, 2.75) is 50.8 Å². The largest absolute Gasteiger partial charge is 0.480 e. The molecule has 26 heavy (non-hydrogen) atoms. The summed E-state index contributed by atoms with van der Waals surface area (Å²) in [5, 5.41) is 43.3. The van der Waals surface area contributed by atoms with Gasteiger partial charge in [0.25, 0.3) is 0 Å². The fourth-order valence-electron chi connectivity index (χ4n) is 1.97. The molecule has 0 bridgehead atoms. The third-order valence-corrected chi connectivity index (χ3v) is 3.54. The number of carboxylic acid groups (broad SMARTS) is 3. The summed E-state index contributed by atoms with van der Waals surface area (Å²) >= 11 is 0. The van der Waals surface area contributed by atoms with Gasteiger partial charge in [-0.3, -0.25) is 14.4 Å². The third kappa shape index (κ3) is 11.3. The molecular formula is C15H27N3O8. The summed E-state index contributed by atoms with van der Waals surface area (Å²) in [4.78, 5) is 43.5. The second-order valence-corrected chi connectivity index (χ2v) is 5.76. The lowest BCUT2D eigenvalue weighted by Gasteiger charge is -2.15. The summed E-state index contributed by atoms with van der Waals surface area (Å²) in [6.07, 6.45) is -0.958. The lowest BCUT2D eigenvalue weighted by molar-refractivity contribution is -0.149. The molecule has 0 radical (unpaired) electrons. The quantitative estimate of drug-likeness (QED) is 0.161. The van der Waals surface area contributed by atoms with Crippen molar-refractivity contribution in [1.82, 2.24) is 16.0 Å². The topological polar surface area (TPSA) is 185 Å². The predicted octanol–water partition coefficient (Wildman–Crippen LogP) is -1.79. The fraction of sp³-hybridized carbons (Fsp3) is 0.733. The van der Waals surface area contributed by atoms with Crippen molar-refractivity contribution in [3.05, 3.63) is 0 Å². The Kier molecular flexibility index (Phi) is 11.9. The molecule has 0 aromatic heterocycles. The van der Waals surface area contributed by atoms with Gasteiger partial charge in [0.05, 0.1) is 6.42 Å². The van der Waals surface area contributed by atoms with E-state index in [1.165, 1.54) is 6.92 Å². The Balaban J connectivity index is 3.90. The number of hydrogen-bond acceptors (Lipinski definition) is 7. The maximum Gasteiger partial charge on any atom is 0.333 e. The van der Waals surface area contributed by atoms with Gasteiger partial charge in [0.15, 0.2) is 6.10 Å². The molecule has 11 nitrogen and oxygen atoms in total. The molecule has 0 saturated carbocycles. The van der Waals surface area contributed by atoms with E-state index in [2.05, 4.69) is 16.0 Å². The number of unbranched alkanes of at least 4 members (excludes halogenated alkanes) is 1. The maximum atomic E-state index is 11.4. The summed E-state index contributed by atoms with van der Waals surface area (Å²) in [6.45, 7) is 2.33. The molecule has 0 fully saturated rings. The number of carboxylic acids is 3. The van der Waals surface area contributed by atoms with E-state index in [4.69, 9.17) is 20.4 Å². The smallest absolute Gasteiger partial charge is 0.333 e. The van der Waals surface area contributed by atoms with Gasteiger partial charge in [0.2, 0.25) is 5.91 Å². The number of carbonyl (C=O) groups excluding carboxylic acids is 1. The van der Waals surface area contributed by atoms with Crippen molar-refractivity contribution < 1.29 is 39.6 Å². The molecule has 150 valence electrons. The Morgan fingerprint density at radius 3 is 2.00 bits per heavy atom. The number of hydrogen-bond donors (Lipinski definition) is 7. The zero-order valence-corrected chi connectivity index (χ0v) is 14.6.